The van der Waals surface area contributed by atoms with E-state index in [2.05, 4.69) is 11.6 Å². The van der Waals surface area contributed by atoms with Crippen LogP contribution in [0.2, 0.25) is 5.15 Å². The van der Waals surface area contributed by atoms with Crippen LogP contribution in [0.15, 0.2) is 24.8 Å². The van der Waals surface area contributed by atoms with Crippen LogP contribution in [0, 0.1) is 0 Å². The third-order valence-electron chi connectivity index (χ3n) is 1.64. The molecule has 1 heterocycles. The van der Waals surface area contributed by atoms with Gasteiger partial charge in [-0.1, -0.05) is 17.7 Å². The van der Waals surface area contributed by atoms with E-state index in [0.29, 0.717) is 11.0 Å². The van der Waals surface area contributed by atoms with Gasteiger partial charge in [0.05, 0.1) is 7.11 Å². The predicted octanol–water partition coefficient (Wildman–Crippen LogP) is 1.93. The molecule has 0 aliphatic heterocycles. The number of rotatable bonds is 3. The summed E-state index contributed by atoms with van der Waals surface area (Å²) in [6.45, 7) is 3.59. The van der Waals surface area contributed by atoms with Gasteiger partial charge in [-0.15, -0.1) is 6.58 Å². The van der Waals surface area contributed by atoms with Gasteiger partial charge in [0.25, 0.3) is 0 Å². The normalized spacial score (nSPS) is 12.2. The third-order valence-corrected chi connectivity index (χ3v) is 1.83. The Balaban J connectivity index is 3.07. The standard InChI is InChI=1S/C9H11ClN2O/c1-3-7(11)6-4-8(10)12-9(5-6)13-2/h3-5,7H,1,11H2,2H3. The zero-order valence-corrected chi connectivity index (χ0v) is 8.08. The van der Waals surface area contributed by atoms with Crippen molar-refractivity contribution in [3.63, 3.8) is 0 Å². The zero-order chi connectivity index (χ0) is 9.84. The molecular weight excluding hydrogens is 188 g/mol. The highest BCUT2D eigenvalue weighted by molar-refractivity contribution is 6.29. The number of pyridine rings is 1. The number of nitrogens with zero attached hydrogens (tertiary/aromatic N) is 1. The van der Waals surface area contributed by atoms with Gasteiger partial charge in [0.2, 0.25) is 5.88 Å². The summed E-state index contributed by atoms with van der Waals surface area (Å²) in [5.41, 5.74) is 6.57. The molecule has 0 amide bonds. The monoisotopic (exact) mass is 198 g/mol. The molecule has 13 heavy (non-hydrogen) atoms. The minimum atomic E-state index is -0.241. The maximum absolute atomic E-state index is 5.75. The molecule has 0 fully saturated rings. The molecule has 1 aromatic rings. The molecular formula is C9H11ClN2O. The van der Waals surface area contributed by atoms with Gasteiger partial charge in [-0.2, -0.15) is 0 Å². The molecule has 0 saturated heterocycles. The highest BCUT2D eigenvalue weighted by Gasteiger charge is 2.05. The van der Waals surface area contributed by atoms with Gasteiger partial charge in [-0.3, -0.25) is 0 Å². The molecule has 0 bridgehead atoms. The van der Waals surface area contributed by atoms with E-state index in [1.165, 1.54) is 7.11 Å². The van der Waals surface area contributed by atoms with E-state index in [9.17, 15) is 0 Å². The molecule has 1 rings (SSSR count). The fraction of sp³-hybridized carbons (Fsp3) is 0.222. The first kappa shape index (κ1) is 10.0. The second-order valence-corrected chi connectivity index (χ2v) is 2.91. The summed E-state index contributed by atoms with van der Waals surface area (Å²) in [5, 5.41) is 0.367. The van der Waals surface area contributed by atoms with Crippen molar-refractivity contribution in [1.29, 1.82) is 0 Å². The van der Waals surface area contributed by atoms with Gasteiger partial charge in [0.1, 0.15) is 5.15 Å². The van der Waals surface area contributed by atoms with E-state index in [1.54, 1.807) is 18.2 Å². The molecule has 3 nitrogen and oxygen atoms in total. The van der Waals surface area contributed by atoms with Gasteiger partial charge in [-0.25, -0.2) is 4.98 Å². The van der Waals surface area contributed by atoms with Crippen LogP contribution in [-0.4, -0.2) is 12.1 Å². The van der Waals surface area contributed by atoms with Crippen LogP contribution >= 0.6 is 11.6 Å². The van der Waals surface area contributed by atoms with Gasteiger partial charge in [0, 0.05) is 12.1 Å². The summed E-state index contributed by atoms with van der Waals surface area (Å²) in [4.78, 5) is 3.92. The predicted molar refractivity (Wildman–Crippen MR) is 52.9 cm³/mol. The number of hydrogen-bond acceptors (Lipinski definition) is 3. The fourth-order valence-electron chi connectivity index (χ4n) is 0.925. The number of halogens is 1. The first-order valence-electron chi connectivity index (χ1n) is 3.77. The molecule has 0 aliphatic carbocycles. The Kier molecular flexibility index (Phi) is 3.28. The quantitative estimate of drug-likeness (QED) is 0.597. The molecule has 0 aliphatic rings. The van der Waals surface area contributed by atoms with Crippen molar-refractivity contribution < 1.29 is 4.74 Å². The number of methoxy groups -OCH3 is 1. The van der Waals surface area contributed by atoms with Gasteiger partial charge in [-0.05, 0) is 11.6 Å². The van der Waals surface area contributed by atoms with E-state index in [0.717, 1.165) is 5.56 Å². The van der Waals surface area contributed by atoms with Gasteiger partial charge in [0.15, 0.2) is 0 Å². The highest BCUT2D eigenvalue weighted by atomic mass is 35.5. The Morgan fingerprint density at radius 1 is 1.69 bits per heavy atom. The SMILES string of the molecule is C=CC(N)c1cc(Cl)nc(OC)c1. The topological polar surface area (TPSA) is 48.1 Å². The van der Waals surface area contributed by atoms with Crippen molar-refractivity contribution in [3.8, 4) is 5.88 Å². The third kappa shape index (κ3) is 2.44. The minimum Gasteiger partial charge on any atom is -0.481 e. The van der Waals surface area contributed by atoms with E-state index < -0.39 is 0 Å². The summed E-state index contributed by atoms with van der Waals surface area (Å²) in [6, 6.07) is 3.18. The minimum absolute atomic E-state index is 0.241. The fourth-order valence-corrected chi connectivity index (χ4v) is 1.13. The maximum atomic E-state index is 5.75. The second kappa shape index (κ2) is 4.25. The first-order valence-corrected chi connectivity index (χ1v) is 4.14. The summed E-state index contributed by atoms with van der Waals surface area (Å²) in [5.74, 6) is 0.458. The van der Waals surface area contributed by atoms with E-state index in [4.69, 9.17) is 22.1 Å². The lowest BCUT2D eigenvalue weighted by Gasteiger charge is -2.08. The van der Waals surface area contributed by atoms with Crippen LogP contribution in [0.25, 0.3) is 0 Å². The van der Waals surface area contributed by atoms with Crippen molar-refractivity contribution in [2.24, 2.45) is 5.73 Å². The molecule has 0 saturated carbocycles. The molecule has 70 valence electrons. The summed E-state index contributed by atoms with van der Waals surface area (Å²) >= 11 is 5.75. The second-order valence-electron chi connectivity index (χ2n) is 2.53. The van der Waals surface area contributed by atoms with Crippen LogP contribution in [0.1, 0.15) is 11.6 Å². The molecule has 1 aromatic heterocycles. The van der Waals surface area contributed by atoms with Crippen LogP contribution in [-0.2, 0) is 0 Å². The van der Waals surface area contributed by atoms with Gasteiger partial charge < -0.3 is 10.5 Å². The molecule has 2 N–H and O–H groups in total. The Labute approximate surface area is 82.2 Å². The Morgan fingerprint density at radius 2 is 2.38 bits per heavy atom. The molecule has 0 spiro atoms. The first-order chi connectivity index (χ1) is 6.17. The summed E-state index contributed by atoms with van der Waals surface area (Å²) in [7, 11) is 1.53. The van der Waals surface area contributed by atoms with Crippen LogP contribution in [0.5, 0.6) is 5.88 Å². The lowest BCUT2D eigenvalue weighted by Crippen LogP contribution is -2.07. The highest BCUT2D eigenvalue weighted by Crippen LogP contribution is 2.20. The van der Waals surface area contributed by atoms with Crippen LogP contribution < -0.4 is 10.5 Å². The van der Waals surface area contributed by atoms with Crippen molar-refractivity contribution in [2.75, 3.05) is 7.11 Å². The van der Waals surface area contributed by atoms with E-state index in [1.807, 2.05) is 0 Å². The van der Waals surface area contributed by atoms with Gasteiger partial charge >= 0.3 is 0 Å². The number of hydrogen-bond donors (Lipinski definition) is 1. The molecule has 1 atom stereocenters. The lowest BCUT2D eigenvalue weighted by molar-refractivity contribution is 0.397. The largest absolute Gasteiger partial charge is 0.481 e. The van der Waals surface area contributed by atoms with Crippen molar-refractivity contribution in [1.82, 2.24) is 4.98 Å². The van der Waals surface area contributed by atoms with Crippen molar-refractivity contribution >= 4 is 11.6 Å². The summed E-state index contributed by atoms with van der Waals surface area (Å²) in [6.07, 6.45) is 1.63. The lowest BCUT2D eigenvalue weighted by atomic mass is 10.1. The number of ether oxygens (including phenoxy) is 1. The molecule has 0 radical (unpaired) electrons. The molecule has 4 heteroatoms. The zero-order valence-electron chi connectivity index (χ0n) is 7.33. The number of aromatic nitrogens is 1. The van der Waals surface area contributed by atoms with Crippen molar-refractivity contribution in [3.05, 3.63) is 35.5 Å². The van der Waals surface area contributed by atoms with Crippen LogP contribution in [0.3, 0.4) is 0 Å². The summed E-state index contributed by atoms with van der Waals surface area (Å²) < 4.78 is 4.94. The van der Waals surface area contributed by atoms with Crippen molar-refractivity contribution in [2.45, 2.75) is 6.04 Å². The Bertz CT molecular complexity index is 314. The van der Waals surface area contributed by atoms with E-state index in [-0.39, 0.29) is 6.04 Å². The van der Waals surface area contributed by atoms with E-state index >= 15 is 0 Å². The Hall–Kier alpha value is -1.06. The smallest absolute Gasteiger partial charge is 0.214 e. The molecule has 0 aromatic carbocycles. The maximum Gasteiger partial charge on any atom is 0.214 e. The average Bonchev–Trinajstić information content (AvgIpc) is 2.15. The Morgan fingerprint density at radius 3 is 2.92 bits per heavy atom. The van der Waals surface area contributed by atoms with Crippen LogP contribution in [0.4, 0.5) is 0 Å². The number of nitrogens with two attached hydrogens (primary N) is 1. The average molecular weight is 199 g/mol. The molecule has 1 unspecified atom stereocenters.